The average molecular weight is 311 g/mol. The lowest BCUT2D eigenvalue weighted by Crippen LogP contribution is -2.54. The van der Waals surface area contributed by atoms with Crippen molar-refractivity contribution in [1.82, 2.24) is 0 Å². The molecule has 5 atom stereocenters. The highest BCUT2D eigenvalue weighted by molar-refractivity contribution is 5.04. The van der Waals surface area contributed by atoms with E-state index in [1.54, 1.807) is 0 Å². The van der Waals surface area contributed by atoms with E-state index in [0.29, 0.717) is 28.6 Å². The van der Waals surface area contributed by atoms with Crippen molar-refractivity contribution in [3.63, 3.8) is 0 Å². The molecule has 0 aliphatic heterocycles. The van der Waals surface area contributed by atoms with E-state index in [-0.39, 0.29) is 12.7 Å². The molecular weight excluding hydrogens is 272 g/mol. The quantitative estimate of drug-likeness (QED) is 0.777. The van der Waals surface area contributed by atoms with Gasteiger partial charge in [-0.15, -0.1) is 0 Å². The molecule has 130 valence electrons. The molecule has 2 nitrogen and oxygen atoms in total. The van der Waals surface area contributed by atoms with Gasteiger partial charge in [-0.3, -0.25) is 0 Å². The normalized spacial score (nSPS) is 39.5. The molecule has 0 saturated heterocycles. The van der Waals surface area contributed by atoms with Crippen LogP contribution in [0.4, 0.5) is 0 Å². The second-order valence-corrected chi connectivity index (χ2v) is 9.35. The largest absolute Gasteiger partial charge is 0.396 e. The summed E-state index contributed by atoms with van der Waals surface area (Å²) in [6.45, 7) is 12.0. The van der Waals surface area contributed by atoms with E-state index in [2.05, 4.69) is 34.6 Å². The van der Waals surface area contributed by atoms with Crippen molar-refractivity contribution in [2.45, 2.75) is 85.7 Å². The lowest BCUT2D eigenvalue weighted by molar-refractivity contribution is -0.130. The summed E-state index contributed by atoms with van der Waals surface area (Å²) in [5, 5.41) is 20.1. The molecule has 0 bridgehead atoms. The molecule has 2 aliphatic carbocycles. The second-order valence-electron chi connectivity index (χ2n) is 9.35. The lowest BCUT2D eigenvalue weighted by Gasteiger charge is -2.60. The number of fused-ring (bicyclic) bond motifs is 1. The molecule has 2 aliphatic rings. The van der Waals surface area contributed by atoms with Crippen LogP contribution in [0, 0.1) is 34.5 Å². The van der Waals surface area contributed by atoms with Crippen LogP contribution >= 0.6 is 0 Å². The maximum absolute atomic E-state index is 10.8. The molecule has 2 N–H and O–H groups in total. The molecule has 0 radical (unpaired) electrons. The third kappa shape index (κ3) is 3.24. The second kappa shape index (κ2) is 6.81. The first-order valence-corrected chi connectivity index (χ1v) is 9.53. The van der Waals surface area contributed by atoms with Gasteiger partial charge in [-0.2, -0.15) is 0 Å². The Balaban J connectivity index is 2.30. The highest BCUT2D eigenvalue weighted by atomic mass is 16.3. The maximum atomic E-state index is 10.8. The Bertz CT molecular complexity index is 363. The molecule has 0 heterocycles. The van der Waals surface area contributed by atoms with Gasteiger partial charge in [0.05, 0.1) is 6.10 Å². The van der Waals surface area contributed by atoms with Crippen molar-refractivity contribution in [1.29, 1.82) is 0 Å². The van der Waals surface area contributed by atoms with Crippen molar-refractivity contribution in [3.05, 3.63) is 0 Å². The molecule has 2 saturated carbocycles. The highest BCUT2D eigenvalue weighted by Gasteiger charge is 2.55. The third-order valence-electron chi connectivity index (χ3n) is 7.22. The molecule has 0 spiro atoms. The van der Waals surface area contributed by atoms with Gasteiger partial charge < -0.3 is 10.2 Å². The summed E-state index contributed by atoms with van der Waals surface area (Å²) in [7, 11) is 0. The van der Waals surface area contributed by atoms with Crippen LogP contribution in [0.1, 0.15) is 79.6 Å². The number of hydrogen-bond acceptors (Lipinski definition) is 2. The molecule has 0 unspecified atom stereocenters. The van der Waals surface area contributed by atoms with Gasteiger partial charge in [0.2, 0.25) is 0 Å². The third-order valence-corrected chi connectivity index (χ3v) is 7.22. The predicted molar refractivity (Wildman–Crippen MR) is 92.6 cm³/mol. The van der Waals surface area contributed by atoms with Crippen LogP contribution in [0.2, 0.25) is 0 Å². The van der Waals surface area contributed by atoms with Crippen LogP contribution in [0.25, 0.3) is 0 Å². The van der Waals surface area contributed by atoms with Crippen LogP contribution in [0.15, 0.2) is 0 Å². The Morgan fingerprint density at radius 2 is 1.77 bits per heavy atom. The van der Waals surface area contributed by atoms with Crippen molar-refractivity contribution >= 4 is 0 Å². The first-order chi connectivity index (χ1) is 10.2. The summed E-state index contributed by atoms with van der Waals surface area (Å²) in [5.74, 6) is 2.09. The monoisotopic (exact) mass is 310 g/mol. The first kappa shape index (κ1) is 18.3. The van der Waals surface area contributed by atoms with Crippen LogP contribution in [0.5, 0.6) is 0 Å². The SMILES string of the molecule is CC(C)[C@@H](O)[C@@H]1CC[C@H]2C(C)(C)CCC[C@]2(C)[C@H]1CCCO. The molecule has 0 aromatic rings. The Hall–Kier alpha value is -0.0800. The van der Waals surface area contributed by atoms with Gasteiger partial charge in [-0.05, 0) is 73.0 Å². The minimum absolute atomic E-state index is 0.188. The summed E-state index contributed by atoms with van der Waals surface area (Å²) in [5.41, 5.74) is 0.772. The topological polar surface area (TPSA) is 40.5 Å². The molecule has 0 amide bonds. The summed E-state index contributed by atoms with van der Waals surface area (Å²) < 4.78 is 0. The van der Waals surface area contributed by atoms with Crippen molar-refractivity contribution in [2.24, 2.45) is 34.5 Å². The Morgan fingerprint density at radius 1 is 1.09 bits per heavy atom. The van der Waals surface area contributed by atoms with E-state index < -0.39 is 0 Å². The molecule has 2 fully saturated rings. The van der Waals surface area contributed by atoms with Crippen molar-refractivity contribution < 1.29 is 10.2 Å². The summed E-state index contributed by atoms with van der Waals surface area (Å²) in [4.78, 5) is 0. The summed E-state index contributed by atoms with van der Waals surface area (Å²) in [6.07, 6.45) is 8.18. The average Bonchev–Trinajstić information content (AvgIpc) is 2.43. The Kier molecular flexibility index (Phi) is 5.65. The van der Waals surface area contributed by atoms with Crippen molar-refractivity contribution in [3.8, 4) is 0 Å². The summed E-state index contributed by atoms with van der Waals surface area (Å²) >= 11 is 0. The number of aliphatic hydroxyl groups is 2. The van der Waals surface area contributed by atoms with Gasteiger partial charge in [-0.25, -0.2) is 0 Å². The maximum Gasteiger partial charge on any atom is 0.0594 e. The lowest BCUT2D eigenvalue weighted by atomic mass is 9.45. The van der Waals surface area contributed by atoms with E-state index in [4.69, 9.17) is 0 Å². The van der Waals surface area contributed by atoms with E-state index in [1.165, 1.54) is 32.1 Å². The highest BCUT2D eigenvalue weighted by Crippen LogP contribution is 2.62. The minimum Gasteiger partial charge on any atom is -0.396 e. The number of aliphatic hydroxyl groups excluding tert-OH is 2. The van der Waals surface area contributed by atoms with Crippen LogP contribution in [-0.4, -0.2) is 22.9 Å². The van der Waals surface area contributed by atoms with Gasteiger partial charge in [0, 0.05) is 6.61 Å². The van der Waals surface area contributed by atoms with Crippen LogP contribution in [-0.2, 0) is 0 Å². The fourth-order valence-electron chi connectivity index (χ4n) is 6.14. The van der Waals surface area contributed by atoms with Crippen molar-refractivity contribution in [2.75, 3.05) is 6.61 Å². The molecule has 0 aromatic heterocycles. The smallest absolute Gasteiger partial charge is 0.0594 e. The predicted octanol–water partition coefficient (Wildman–Crippen LogP) is 4.63. The van der Waals surface area contributed by atoms with E-state index >= 15 is 0 Å². The van der Waals surface area contributed by atoms with Gasteiger partial charge in [0.15, 0.2) is 0 Å². The minimum atomic E-state index is -0.188. The zero-order chi connectivity index (χ0) is 16.5. The van der Waals surface area contributed by atoms with Crippen LogP contribution < -0.4 is 0 Å². The summed E-state index contributed by atoms with van der Waals surface area (Å²) in [6, 6.07) is 0. The van der Waals surface area contributed by atoms with E-state index in [1.807, 2.05) is 0 Å². The van der Waals surface area contributed by atoms with Gasteiger partial charge in [-0.1, -0.05) is 41.0 Å². The standard InChI is InChI=1S/C20H38O2/c1-14(2)18(22)15-9-10-17-19(3,4)11-7-12-20(17,5)16(15)8-6-13-21/h14-18,21-22H,6-13H2,1-5H3/t15-,16+,17+,18-,20-/m1/s1. The van der Waals surface area contributed by atoms with E-state index in [0.717, 1.165) is 18.8 Å². The van der Waals surface area contributed by atoms with Crippen LogP contribution in [0.3, 0.4) is 0 Å². The van der Waals surface area contributed by atoms with Gasteiger partial charge in [0.25, 0.3) is 0 Å². The zero-order valence-corrected chi connectivity index (χ0v) is 15.4. The number of rotatable bonds is 5. The first-order valence-electron chi connectivity index (χ1n) is 9.53. The molecule has 2 heteroatoms. The Labute approximate surface area is 137 Å². The fourth-order valence-corrected chi connectivity index (χ4v) is 6.14. The Morgan fingerprint density at radius 3 is 2.36 bits per heavy atom. The fraction of sp³-hybridized carbons (Fsp3) is 1.00. The molecule has 22 heavy (non-hydrogen) atoms. The van der Waals surface area contributed by atoms with E-state index in [9.17, 15) is 10.2 Å². The molecule has 2 rings (SSSR count). The molecular formula is C20H38O2. The van der Waals surface area contributed by atoms with Gasteiger partial charge in [0.1, 0.15) is 0 Å². The zero-order valence-electron chi connectivity index (χ0n) is 15.4. The van der Waals surface area contributed by atoms with Gasteiger partial charge >= 0.3 is 0 Å². The molecule has 0 aromatic carbocycles. The number of hydrogen-bond donors (Lipinski definition) is 2.